The Morgan fingerprint density at radius 2 is 1.65 bits per heavy atom. The Kier molecular flexibility index (Phi) is 3.99. The van der Waals surface area contributed by atoms with Gasteiger partial charge in [0, 0.05) is 5.56 Å². The summed E-state index contributed by atoms with van der Waals surface area (Å²) in [5.41, 5.74) is 2.56. The first-order valence-corrected chi connectivity index (χ1v) is 6.40. The van der Waals surface area contributed by atoms with Gasteiger partial charge in [-0.05, 0) is 32.0 Å². The minimum Gasteiger partial charge on any atom is -0.507 e. The summed E-state index contributed by atoms with van der Waals surface area (Å²) in [4.78, 5) is 24.2. The third-order valence-electron chi connectivity index (χ3n) is 3.11. The molecule has 102 valence electrons. The molecule has 3 nitrogen and oxygen atoms in total. The molecular weight excluding hydrogens is 252 g/mol. The summed E-state index contributed by atoms with van der Waals surface area (Å²) in [5, 5.41) is 9.70. The van der Waals surface area contributed by atoms with Crippen molar-refractivity contribution in [1.82, 2.24) is 0 Å². The van der Waals surface area contributed by atoms with Gasteiger partial charge in [0.05, 0.1) is 12.0 Å². The molecule has 0 aromatic heterocycles. The van der Waals surface area contributed by atoms with E-state index in [1.165, 1.54) is 6.07 Å². The molecule has 0 fully saturated rings. The van der Waals surface area contributed by atoms with Gasteiger partial charge >= 0.3 is 0 Å². The molecule has 2 aromatic rings. The maximum absolute atomic E-state index is 12.1. The summed E-state index contributed by atoms with van der Waals surface area (Å²) in [7, 11) is 0. The van der Waals surface area contributed by atoms with Crippen LogP contribution >= 0.6 is 0 Å². The van der Waals surface area contributed by atoms with E-state index in [9.17, 15) is 14.7 Å². The van der Waals surface area contributed by atoms with Crippen molar-refractivity contribution < 1.29 is 14.7 Å². The van der Waals surface area contributed by atoms with Crippen LogP contribution < -0.4 is 0 Å². The molecule has 0 amide bonds. The van der Waals surface area contributed by atoms with Gasteiger partial charge in [-0.3, -0.25) is 9.59 Å². The van der Waals surface area contributed by atoms with Gasteiger partial charge in [-0.15, -0.1) is 0 Å². The van der Waals surface area contributed by atoms with Gasteiger partial charge in [0.1, 0.15) is 5.75 Å². The van der Waals surface area contributed by atoms with Crippen LogP contribution in [0.25, 0.3) is 0 Å². The summed E-state index contributed by atoms with van der Waals surface area (Å²) in [5.74, 6) is -0.685. The number of hydrogen-bond donors (Lipinski definition) is 1. The molecule has 0 unspecified atom stereocenters. The van der Waals surface area contributed by atoms with Crippen LogP contribution in [0.3, 0.4) is 0 Å². The lowest BCUT2D eigenvalue weighted by molar-refractivity contribution is 0.0893. The highest BCUT2D eigenvalue weighted by Gasteiger charge is 2.16. The van der Waals surface area contributed by atoms with E-state index in [0.29, 0.717) is 5.56 Å². The second-order valence-electron chi connectivity index (χ2n) is 4.91. The summed E-state index contributed by atoms with van der Waals surface area (Å²) in [6, 6.07) is 11.9. The van der Waals surface area contributed by atoms with Crippen molar-refractivity contribution in [2.24, 2.45) is 0 Å². The molecule has 1 N–H and O–H groups in total. The van der Waals surface area contributed by atoms with Gasteiger partial charge in [-0.1, -0.05) is 35.4 Å². The summed E-state index contributed by atoms with van der Waals surface area (Å²) >= 11 is 0. The average Bonchev–Trinajstić information content (AvgIpc) is 2.41. The number of phenols is 1. The molecule has 0 saturated heterocycles. The van der Waals surface area contributed by atoms with Crippen molar-refractivity contribution >= 4 is 11.6 Å². The van der Waals surface area contributed by atoms with Crippen molar-refractivity contribution in [2.45, 2.75) is 20.3 Å². The first-order chi connectivity index (χ1) is 9.47. The Morgan fingerprint density at radius 1 is 0.950 bits per heavy atom. The van der Waals surface area contributed by atoms with E-state index >= 15 is 0 Å². The van der Waals surface area contributed by atoms with Crippen molar-refractivity contribution in [1.29, 1.82) is 0 Å². The summed E-state index contributed by atoms with van der Waals surface area (Å²) in [6.07, 6.45) is -0.236. The molecule has 0 spiro atoms. The standard InChI is InChI=1S/C17H16O3/c1-11-4-3-5-13(8-11)16(19)10-17(20)14-9-12(2)6-7-15(14)18/h3-9,18H,10H2,1-2H3. The molecule has 0 saturated carbocycles. The second kappa shape index (κ2) is 5.70. The third kappa shape index (κ3) is 3.12. The van der Waals surface area contributed by atoms with E-state index in [1.807, 2.05) is 19.9 Å². The maximum atomic E-state index is 12.1. The lowest BCUT2D eigenvalue weighted by atomic mass is 9.99. The molecule has 0 bridgehead atoms. The van der Waals surface area contributed by atoms with Gasteiger partial charge in [0.25, 0.3) is 0 Å². The van der Waals surface area contributed by atoms with E-state index in [0.717, 1.165) is 11.1 Å². The minimum atomic E-state index is -0.363. The first kappa shape index (κ1) is 14.0. The van der Waals surface area contributed by atoms with Gasteiger partial charge in [-0.25, -0.2) is 0 Å². The third-order valence-corrected chi connectivity index (χ3v) is 3.11. The van der Waals surface area contributed by atoms with Crippen molar-refractivity contribution in [3.05, 3.63) is 64.7 Å². The predicted octanol–water partition coefficient (Wildman–Crippen LogP) is 3.46. The van der Waals surface area contributed by atoms with Crippen LogP contribution in [0.2, 0.25) is 0 Å². The molecule has 2 rings (SSSR count). The monoisotopic (exact) mass is 268 g/mol. The zero-order valence-corrected chi connectivity index (χ0v) is 11.5. The number of Topliss-reactive ketones (excluding diaryl/α,β-unsaturated/α-hetero) is 2. The number of aryl methyl sites for hydroxylation is 2. The van der Waals surface area contributed by atoms with Crippen molar-refractivity contribution in [2.75, 3.05) is 0 Å². The maximum Gasteiger partial charge on any atom is 0.174 e. The van der Waals surface area contributed by atoms with Gasteiger partial charge in [-0.2, -0.15) is 0 Å². The average molecular weight is 268 g/mol. The molecular formula is C17H16O3. The lowest BCUT2D eigenvalue weighted by Gasteiger charge is -2.05. The van der Waals surface area contributed by atoms with E-state index in [-0.39, 0.29) is 29.3 Å². The van der Waals surface area contributed by atoms with Crippen molar-refractivity contribution in [3.8, 4) is 5.75 Å². The van der Waals surface area contributed by atoms with E-state index in [2.05, 4.69) is 0 Å². The Morgan fingerprint density at radius 3 is 2.35 bits per heavy atom. The van der Waals surface area contributed by atoms with E-state index in [4.69, 9.17) is 0 Å². The molecule has 20 heavy (non-hydrogen) atoms. The largest absolute Gasteiger partial charge is 0.507 e. The Balaban J connectivity index is 2.19. The summed E-state index contributed by atoms with van der Waals surface area (Å²) in [6.45, 7) is 3.73. The molecule has 0 aliphatic heterocycles. The van der Waals surface area contributed by atoms with Gasteiger partial charge in [0.15, 0.2) is 11.6 Å². The lowest BCUT2D eigenvalue weighted by Crippen LogP contribution is -2.09. The first-order valence-electron chi connectivity index (χ1n) is 6.40. The fraction of sp³-hybridized carbons (Fsp3) is 0.176. The number of ketones is 2. The molecule has 0 heterocycles. The van der Waals surface area contributed by atoms with Crippen molar-refractivity contribution in [3.63, 3.8) is 0 Å². The number of aromatic hydroxyl groups is 1. The molecule has 0 radical (unpaired) electrons. The fourth-order valence-electron chi connectivity index (χ4n) is 2.03. The molecule has 0 aliphatic carbocycles. The highest BCUT2D eigenvalue weighted by molar-refractivity contribution is 6.14. The van der Waals surface area contributed by atoms with Gasteiger partial charge in [0.2, 0.25) is 0 Å². The zero-order valence-electron chi connectivity index (χ0n) is 11.5. The van der Waals surface area contributed by atoms with E-state index in [1.54, 1.807) is 30.3 Å². The minimum absolute atomic E-state index is 0.0855. The topological polar surface area (TPSA) is 54.4 Å². The highest BCUT2D eigenvalue weighted by atomic mass is 16.3. The smallest absolute Gasteiger partial charge is 0.174 e. The number of carbonyl (C=O) groups is 2. The molecule has 0 aliphatic rings. The van der Waals surface area contributed by atoms with Crippen LogP contribution in [-0.2, 0) is 0 Å². The fourth-order valence-corrected chi connectivity index (χ4v) is 2.03. The number of carbonyl (C=O) groups excluding carboxylic acids is 2. The Labute approximate surface area is 117 Å². The zero-order chi connectivity index (χ0) is 14.7. The van der Waals surface area contributed by atoms with Crippen LogP contribution in [-0.4, -0.2) is 16.7 Å². The Hall–Kier alpha value is -2.42. The van der Waals surface area contributed by atoms with Crippen LogP contribution in [0.4, 0.5) is 0 Å². The normalized spacial score (nSPS) is 10.3. The number of hydrogen-bond acceptors (Lipinski definition) is 3. The predicted molar refractivity (Wildman–Crippen MR) is 77.3 cm³/mol. The quantitative estimate of drug-likeness (QED) is 0.682. The molecule has 0 atom stereocenters. The highest BCUT2D eigenvalue weighted by Crippen LogP contribution is 2.20. The van der Waals surface area contributed by atoms with Crippen LogP contribution in [0.15, 0.2) is 42.5 Å². The molecule has 3 heteroatoms. The number of benzene rings is 2. The van der Waals surface area contributed by atoms with Crippen LogP contribution in [0.1, 0.15) is 38.3 Å². The number of rotatable bonds is 4. The molecule has 2 aromatic carbocycles. The SMILES string of the molecule is Cc1cccc(C(=O)CC(=O)c2cc(C)ccc2O)c1. The van der Waals surface area contributed by atoms with Gasteiger partial charge < -0.3 is 5.11 Å². The van der Waals surface area contributed by atoms with Crippen LogP contribution in [0.5, 0.6) is 5.75 Å². The van der Waals surface area contributed by atoms with Crippen LogP contribution in [0, 0.1) is 13.8 Å². The number of phenolic OH excluding ortho intramolecular Hbond substituents is 1. The summed E-state index contributed by atoms with van der Waals surface area (Å²) < 4.78 is 0. The van der Waals surface area contributed by atoms with E-state index < -0.39 is 0 Å². The Bertz CT molecular complexity index is 672. The second-order valence-corrected chi connectivity index (χ2v) is 4.91.